The van der Waals surface area contributed by atoms with Crippen LogP contribution < -0.4 is 4.74 Å². The first kappa shape index (κ1) is 24.1. The second kappa shape index (κ2) is 13.1. The van der Waals surface area contributed by atoms with Gasteiger partial charge in [-0.25, -0.2) is 9.18 Å². The van der Waals surface area contributed by atoms with E-state index < -0.39 is 12.1 Å². The number of hydrogen-bond acceptors (Lipinski definition) is 3. The molecule has 0 N–H and O–H groups in total. The maximum atomic E-state index is 14.0. The van der Waals surface area contributed by atoms with E-state index in [0.29, 0.717) is 18.9 Å². The first-order valence-corrected chi connectivity index (χ1v) is 12.7. The van der Waals surface area contributed by atoms with Gasteiger partial charge < -0.3 is 9.47 Å². The zero-order chi connectivity index (χ0) is 21.9. The van der Waals surface area contributed by atoms with Crippen molar-refractivity contribution in [3.63, 3.8) is 0 Å². The Morgan fingerprint density at radius 2 is 1.68 bits per heavy atom. The van der Waals surface area contributed by atoms with Crippen LogP contribution in [0.4, 0.5) is 4.39 Å². The summed E-state index contributed by atoms with van der Waals surface area (Å²) in [6, 6.07) is 8.69. The summed E-state index contributed by atoms with van der Waals surface area (Å²) in [5, 5.41) is 0. The van der Waals surface area contributed by atoms with E-state index in [9.17, 15) is 9.18 Å². The molecule has 3 nitrogen and oxygen atoms in total. The fourth-order valence-electron chi connectivity index (χ4n) is 5.01. The lowest BCUT2D eigenvalue weighted by Crippen LogP contribution is -2.30. The molecule has 0 unspecified atom stereocenters. The van der Waals surface area contributed by atoms with Crippen molar-refractivity contribution in [1.82, 2.24) is 0 Å². The second-order valence-corrected chi connectivity index (χ2v) is 9.61. The lowest BCUT2D eigenvalue weighted by molar-refractivity contribution is -0.157. The molecule has 31 heavy (non-hydrogen) atoms. The topological polar surface area (TPSA) is 35.5 Å². The highest BCUT2D eigenvalue weighted by Crippen LogP contribution is 2.33. The van der Waals surface area contributed by atoms with E-state index in [2.05, 4.69) is 31.2 Å². The third-order valence-corrected chi connectivity index (χ3v) is 7.09. The Hall–Kier alpha value is -1.58. The molecule has 0 aliphatic heterocycles. The zero-order valence-electron chi connectivity index (χ0n) is 19.3. The Kier molecular flexibility index (Phi) is 10.2. The molecule has 2 saturated carbocycles. The van der Waals surface area contributed by atoms with Gasteiger partial charge in [-0.15, -0.1) is 0 Å². The number of halogens is 1. The summed E-state index contributed by atoms with van der Waals surface area (Å²) >= 11 is 0. The molecular weight excluding hydrogens is 391 g/mol. The lowest BCUT2D eigenvalue weighted by Gasteiger charge is -2.28. The number of ether oxygens (including phenoxy) is 2. The van der Waals surface area contributed by atoms with Crippen LogP contribution in [-0.2, 0) is 9.53 Å². The van der Waals surface area contributed by atoms with Crippen LogP contribution in [0.25, 0.3) is 0 Å². The third-order valence-electron chi connectivity index (χ3n) is 7.09. The van der Waals surface area contributed by atoms with Crippen LogP contribution in [0.15, 0.2) is 24.3 Å². The van der Waals surface area contributed by atoms with Gasteiger partial charge in [0.05, 0.1) is 6.61 Å². The molecular formula is C27H41FO3. The number of esters is 1. The molecule has 1 aromatic rings. The first-order valence-electron chi connectivity index (χ1n) is 12.7. The summed E-state index contributed by atoms with van der Waals surface area (Å²) in [7, 11) is 0. The van der Waals surface area contributed by atoms with Crippen LogP contribution >= 0.6 is 0 Å². The summed E-state index contributed by atoms with van der Waals surface area (Å²) in [6.45, 7) is 2.82. The van der Waals surface area contributed by atoms with Gasteiger partial charge in [0, 0.05) is 0 Å². The highest BCUT2D eigenvalue weighted by atomic mass is 19.1. The molecule has 174 valence electrons. The van der Waals surface area contributed by atoms with Crippen LogP contribution in [0.1, 0.15) is 108 Å². The molecule has 2 fully saturated rings. The molecule has 0 bridgehead atoms. The quantitative estimate of drug-likeness (QED) is 0.268. The summed E-state index contributed by atoms with van der Waals surface area (Å²) in [4.78, 5) is 12.0. The Balaban J connectivity index is 1.31. The van der Waals surface area contributed by atoms with Gasteiger partial charge >= 0.3 is 5.97 Å². The Morgan fingerprint density at radius 3 is 2.35 bits per heavy atom. The minimum Gasteiger partial charge on any atom is -0.493 e. The minimum atomic E-state index is -1.46. The molecule has 0 radical (unpaired) electrons. The molecule has 3 rings (SSSR count). The molecule has 0 saturated heterocycles. The fourth-order valence-corrected chi connectivity index (χ4v) is 5.01. The van der Waals surface area contributed by atoms with Crippen molar-refractivity contribution < 1.29 is 18.7 Å². The van der Waals surface area contributed by atoms with Gasteiger partial charge in [-0.2, -0.15) is 0 Å². The van der Waals surface area contributed by atoms with E-state index in [-0.39, 0.29) is 6.10 Å². The summed E-state index contributed by atoms with van der Waals surface area (Å²) in [5.41, 5.74) is 1.45. The normalized spacial score (nSPS) is 23.3. The van der Waals surface area contributed by atoms with Crippen molar-refractivity contribution in [3.8, 4) is 5.75 Å². The molecule has 2 aliphatic rings. The maximum absolute atomic E-state index is 14.0. The van der Waals surface area contributed by atoms with Crippen molar-refractivity contribution in [2.75, 3.05) is 6.61 Å². The highest BCUT2D eigenvalue weighted by Gasteiger charge is 2.27. The molecule has 0 spiro atoms. The average Bonchev–Trinajstić information content (AvgIpc) is 2.82. The second-order valence-electron chi connectivity index (χ2n) is 9.61. The molecule has 0 amide bonds. The first-order chi connectivity index (χ1) is 15.2. The van der Waals surface area contributed by atoms with E-state index in [1.54, 1.807) is 0 Å². The van der Waals surface area contributed by atoms with E-state index in [4.69, 9.17) is 9.47 Å². The molecule has 4 heteroatoms. The fraction of sp³-hybridized carbons (Fsp3) is 0.741. The predicted octanol–water partition coefficient (Wildman–Crippen LogP) is 7.52. The van der Waals surface area contributed by atoms with Crippen molar-refractivity contribution in [1.29, 1.82) is 0 Å². The number of benzene rings is 1. The van der Waals surface area contributed by atoms with Crippen LogP contribution in [0.3, 0.4) is 0 Å². The monoisotopic (exact) mass is 432 g/mol. The standard InChI is InChI=1S/C27H41FO3/c1-2-3-4-8-11-26(28)27(29)31-25-16-12-21(13-17-25)20-30-24-18-14-23(15-19-24)22-9-6-5-7-10-22/h14-15,18-19,21-22,25-26H,2-13,16-17,20H2,1H3/t21?,25?,26-/m1/s1. The van der Waals surface area contributed by atoms with Crippen molar-refractivity contribution >= 4 is 5.97 Å². The SMILES string of the molecule is CCCCCC[C@@H](F)C(=O)OC1CCC(COc2ccc(C3CCCCC3)cc2)CC1. The van der Waals surface area contributed by atoms with Gasteiger partial charge in [-0.05, 0) is 80.9 Å². The number of hydrogen-bond donors (Lipinski definition) is 0. The summed E-state index contributed by atoms with van der Waals surface area (Å²) in [6.07, 6.45) is 12.9. The minimum absolute atomic E-state index is 0.132. The van der Waals surface area contributed by atoms with E-state index >= 15 is 0 Å². The number of alkyl halides is 1. The Morgan fingerprint density at radius 1 is 0.968 bits per heavy atom. The van der Waals surface area contributed by atoms with Gasteiger partial charge in [0.25, 0.3) is 0 Å². The van der Waals surface area contributed by atoms with Crippen molar-refractivity contribution in [3.05, 3.63) is 29.8 Å². The van der Waals surface area contributed by atoms with Crippen LogP contribution in [0, 0.1) is 5.92 Å². The van der Waals surface area contributed by atoms with E-state index in [0.717, 1.165) is 63.0 Å². The third kappa shape index (κ3) is 8.12. The Labute approximate surface area is 188 Å². The summed E-state index contributed by atoms with van der Waals surface area (Å²) < 4.78 is 25.5. The van der Waals surface area contributed by atoms with Gasteiger partial charge in [0.2, 0.25) is 0 Å². The van der Waals surface area contributed by atoms with Gasteiger partial charge in [-0.3, -0.25) is 0 Å². The maximum Gasteiger partial charge on any atom is 0.340 e. The number of carbonyl (C=O) groups excluding carboxylic acids is 1. The molecule has 1 atom stereocenters. The molecule has 0 heterocycles. The van der Waals surface area contributed by atoms with Crippen LogP contribution in [0.2, 0.25) is 0 Å². The number of unbranched alkanes of at least 4 members (excludes halogenated alkanes) is 3. The summed E-state index contributed by atoms with van der Waals surface area (Å²) in [5.74, 6) is 1.48. The lowest BCUT2D eigenvalue weighted by atomic mass is 9.84. The van der Waals surface area contributed by atoms with E-state index in [1.807, 2.05) is 0 Å². The molecule has 1 aromatic carbocycles. The number of rotatable bonds is 11. The average molecular weight is 433 g/mol. The largest absolute Gasteiger partial charge is 0.493 e. The molecule has 2 aliphatic carbocycles. The Bertz CT molecular complexity index is 630. The van der Waals surface area contributed by atoms with E-state index in [1.165, 1.54) is 37.7 Å². The van der Waals surface area contributed by atoms with Gasteiger partial charge in [-0.1, -0.05) is 57.6 Å². The zero-order valence-corrected chi connectivity index (χ0v) is 19.3. The van der Waals surface area contributed by atoms with Crippen molar-refractivity contribution in [2.45, 2.75) is 115 Å². The van der Waals surface area contributed by atoms with Crippen LogP contribution in [-0.4, -0.2) is 24.9 Å². The van der Waals surface area contributed by atoms with Gasteiger partial charge in [0.15, 0.2) is 6.17 Å². The number of carbonyl (C=O) groups is 1. The van der Waals surface area contributed by atoms with Crippen molar-refractivity contribution in [2.24, 2.45) is 5.92 Å². The highest BCUT2D eigenvalue weighted by molar-refractivity contribution is 5.74. The molecule has 0 aromatic heterocycles. The predicted molar refractivity (Wildman–Crippen MR) is 123 cm³/mol. The smallest absolute Gasteiger partial charge is 0.340 e. The van der Waals surface area contributed by atoms with Gasteiger partial charge in [0.1, 0.15) is 11.9 Å². The van der Waals surface area contributed by atoms with Crippen LogP contribution in [0.5, 0.6) is 5.75 Å².